The normalized spacial score (nSPS) is 16.0. The molecule has 0 radical (unpaired) electrons. The van der Waals surface area contributed by atoms with Gasteiger partial charge in [0.25, 0.3) is 5.91 Å². The number of fused-ring (bicyclic) bond motifs is 1. The predicted molar refractivity (Wildman–Crippen MR) is 93.7 cm³/mol. The van der Waals surface area contributed by atoms with Crippen molar-refractivity contribution in [3.63, 3.8) is 0 Å². The molecule has 1 aliphatic heterocycles. The van der Waals surface area contributed by atoms with Crippen molar-refractivity contribution in [2.45, 2.75) is 39.2 Å². The number of aryl methyl sites for hydroxylation is 1. The molecule has 5 heteroatoms. The van der Waals surface area contributed by atoms with Crippen molar-refractivity contribution in [2.75, 3.05) is 19.6 Å². The van der Waals surface area contributed by atoms with Gasteiger partial charge in [0.15, 0.2) is 0 Å². The average Bonchev–Trinajstić information content (AvgIpc) is 2.91. The Morgan fingerprint density at radius 3 is 2.78 bits per heavy atom. The Labute approximate surface area is 140 Å². The molecular formula is C18H23FN2OS. The molecule has 1 aromatic heterocycles. The van der Waals surface area contributed by atoms with Crippen molar-refractivity contribution in [3.05, 3.63) is 34.5 Å². The molecule has 1 amide bonds. The van der Waals surface area contributed by atoms with Gasteiger partial charge >= 0.3 is 0 Å². The van der Waals surface area contributed by atoms with E-state index in [1.165, 1.54) is 17.4 Å². The molecule has 0 aliphatic carbocycles. The van der Waals surface area contributed by atoms with Crippen LogP contribution in [0.25, 0.3) is 10.1 Å². The van der Waals surface area contributed by atoms with E-state index in [-0.39, 0.29) is 17.8 Å². The second-order valence-electron chi connectivity index (χ2n) is 6.15. The summed E-state index contributed by atoms with van der Waals surface area (Å²) < 4.78 is 15.0. The summed E-state index contributed by atoms with van der Waals surface area (Å²) in [5, 5.41) is 3.95. The first-order chi connectivity index (χ1) is 11.1. The van der Waals surface area contributed by atoms with Gasteiger partial charge in [-0.15, -0.1) is 11.3 Å². The van der Waals surface area contributed by atoms with E-state index in [1.54, 1.807) is 6.07 Å². The lowest BCUT2D eigenvalue weighted by Crippen LogP contribution is -2.46. The lowest BCUT2D eigenvalue weighted by Gasteiger charge is -2.34. The minimum atomic E-state index is -0.237. The smallest absolute Gasteiger partial charge is 0.264 e. The number of benzene rings is 1. The van der Waals surface area contributed by atoms with Crippen LogP contribution in [-0.4, -0.2) is 36.5 Å². The molecule has 1 fully saturated rings. The molecule has 3 rings (SSSR count). The van der Waals surface area contributed by atoms with E-state index in [1.807, 2.05) is 17.9 Å². The molecule has 1 aromatic carbocycles. The summed E-state index contributed by atoms with van der Waals surface area (Å²) in [6.45, 7) is 6.64. The van der Waals surface area contributed by atoms with Crippen LogP contribution in [0.15, 0.2) is 18.2 Å². The number of nitrogens with one attached hydrogen (secondary N) is 1. The van der Waals surface area contributed by atoms with Gasteiger partial charge < -0.3 is 10.2 Å². The Morgan fingerprint density at radius 1 is 1.39 bits per heavy atom. The second-order valence-corrected chi connectivity index (χ2v) is 7.20. The fourth-order valence-corrected chi connectivity index (χ4v) is 4.58. The van der Waals surface area contributed by atoms with E-state index in [4.69, 9.17) is 0 Å². The van der Waals surface area contributed by atoms with Crippen molar-refractivity contribution in [3.8, 4) is 0 Å². The van der Waals surface area contributed by atoms with E-state index < -0.39 is 0 Å². The Morgan fingerprint density at radius 2 is 2.13 bits per heavy atom. The van der Waals surface area contributed by atoms with E-state index >= 15 is 0 Å². The highest BCUT2D eigenvalue weighted by molar-refractivity contribution is 7.21. The Kier molecular flexibility index (Phi) is 4.97. The number of piperidine rings is 1. The molecule has 23 heavy (non-hydrogen) atoms. The maximum Gasteiger partial charge on any atom is 0.264 e. The molecule has 0 unspecified atom stereocenters. The van der Waals surface area contributed by atoms with Crippen LogP contribution in [0, 0.1) is 12.7 Å². The summed E-state index contributed by atoms with van der Waals surface area (Å²) in [5.74, 6) is -0.170. The molecule has 2 aromatic rings. The van der Waals surface area contributed by atoms with Gasteiger partial charge in [-0.05, 0) is 57.0 Å². The van der Waals surface area contributed by atoms with Crippen LogP contribution in [0.4, 0.5) is 4.39 Å². The third-order valence-electron chi connectivity index (χ3n) is 4.57. The highest BCUT2D eigenvalue weighted by Crippen LogP contribution is 2.34. The zero-order valence-corrected chi connectivity index (χ0v) is 14.5. The highest BCUT2D eigenvalue weighted by Gasteiger charge is 2.28. The van der Waals surface area contributed by atoms with Crippen molar-refractivity contribution >= 4 is 27.3 Å². The standard InChI is InChI=1S/C18H23FN2OS/c1-3-11-21(13-7-9-20-10-8-13)18(22)17-12(2)16-14(19)5-4-6-15(16)23-17/h4-6,13,20H,3,7-11H2,1-2H3. The van der Waals surface area contributed by atoms with Gasteiger partial charge in [0.2, 0.25) is 0 Å². The van der Waals surface area contributed by atoms with Crippen LogP contribution < -0.4 is 5.32 Å². The number of nitrogens with zero attached hydrogens (tertiary/aromatic N) is 1. The summed E-state index contributed by atoms with van der Waals surface area (Å²) in [6.07, 6.45) is 2.92. The van der Waals surface area contributed by atoms with Gasteiger partial charge in [-0.3, -0.25) is 4.79 Å². The highest BCUT2D eigenvalue weighted by atomic mass is 32.1. The van der Waals surface area contributed by atoms with Crippen molar-refractivity contribution in [1.82, 2.24) is 10.2 Å². The van der Waals surface area contributed by atoms with E-state index in [0.717, 1.165) is 49.2 Å². The number of halogens is 1. The van der Waals surface area contributed by atoms with Gasteiger partial charge in [-0.25, -0.2) is 4.39 Å². The fourth-order valence-electron chi connectivity index (χ4n) is 3.40. The zero-order valence-electron chi connectivity index (χ0n) is 13.7. The van der Waals surface area contributed by atoms with Crippen LogP contribution in [0.5, 0.6) is 0 Å². The van der Waals surface area contributed by atoms with Crippen LogP contribution in [0.1, 0.15) is 41.4 Å². The fraction of sp³-hybridized carbons (Fsp3) is 0.500. The van der Waals surface area contributed by atoms with Gasteiger partial charge in [-0.2, -0.15) is 0 Å². The first-order valence-electron chi connectivity index (χ1n) is 8.32. The quantitative estimate of drug-likeness (QED) is 0.918. The molecule has 1 saturated heterocycles. The number of hydrogen-bond acceptors (Lipinski definition) is 3. The monoisotopic (exact) mass is 334 g/mol. The molecule has 1 aliphatic rings. The largest absolute Gasteiger partial charge is 0.335 e. The number of rotatable bonds is 4. The number of carbonyl (C=O) groups is 1. The maximum atomic E-state index is 14.1. The van der Waals surface area contributed by atoms with Crippen LogP contribution in [-0.2, 0) is 0 Å². The summed E-state index contributed by atoms with van der Waals surface area (Å²) >= 11 is 1.42. The molecule has 124 valence electrons. The predicted octanol–water partition coefficient (Wildman–Crippen LogP) is 3.95. The van der Waals surface area contributed by atoms with Gasteiger partial charge in [0.1, 0.15) is 5.82 Å². The number of hydrogen-bond donors (Lipinski definition) is 1. The first-order valence-corrected chi connectivity index (χ1v) is 9.14. The van der Waals surface area contributed by atoms with E-state index in [0.29, 0.717) is 10.3 Å². The molecule has 0 bridgehead atoms. The first kappa shape index (κ1) is 16.4. The second kappa shape index (κ2) is 6.97. The summed E-state index contributed by atoms with van der Waals surface area (Å²) in [4.78, 5) is 15.8. The Balaban J connectivity index is 1.96. The SMILES string of the molecule is CCCN(C(=O)c1sc2cccc(F)c2c1C)C1CCNCC1. The van der Waals surface area contributed by atoms with Crippen LogP contribution in [0.3, 0.4) is 0 Å². The summed E-state index contributed by atoms with van der Waals surface area (Å²) in [6, 6.07) is 5.35. The van der Waals surface area contributed by atoms with Gasteiger partial charge in [0.05, 0.1) is 4.88 Å². The third kappa shape index (κ3) is 3.12. The van der Waals surface area contributed by atoms with E-state index in [9.17, 15) is 9.18 Å². The minimum Gasteiger partial charge on any atom is -0.335 e. The van der Waals surface area contributed by atoms with Crippen molar-refractivity contribution in [1.29, 1.82) is 0 Å². The number of carbonyl (C=O) groups excluding carboxylic acids is 1. The average molecular weight is 334 g/mol. The molecule has 0 atom stereocenters. The lowest BCUT2D eigenvalue weighted by molar-refractivity contribution is 0.0647. The minimum absolute atomic E-state index is 0.0665. The number of thiophene rings is 1. The summed E-state index contributed by atoms with van der Waals surface area (Å²) in [7, 11) is 0. The Bertz CT molecular complexity index is 706. The lowest BCUT2D eigenvalue weighted by atomic mass is 10.0. The Hall–Kier alpha value is -1.46. The molecule has 2 heterocycles. The third-order valence-corrected chi connectivity index (χ3v) is 5.82. The van der Waals surface area contributed by atoms with E-state index in [2.05, 4.69) is 12.2 Å². The molecule has 1 N–H and O–H groups in total. The zero-order chi connectivity index (χ0) is 16.4. The topological polar surface area (TPSA) is 32.3 Å². The summed E-state index contributed by atoms with van der Waals surface area (Å²) in [5.41, 5.74) is 0.781. The van der Waals surface area contributed by atoms with Crippen LogP contribution >= 0.6 is 11.3 Å². The van der Waals surface area contributed by atoms with Gasteiger partial charge in [0, 0.05) is 22.7 Å². The van der Waals surface area contributed by atoms with Crippen molar-refractivity contribution < 1.29 is 9.18 Å². The maximum absolute atomic E-state index is 14.1. The molecule has 3 nitrogen and oxygen atoms in total. The van der Waals surface area contributed by atoms with Gasteiger partial charge in [-0.1, -0.05) is 13.0 Å². The molecule has 0 saturated carbocycles. The number of amides is 1. The van der Waals surface area contributed by atoms with Crippen LogP contribution in [0.2, 0.25) is 0 Å². The molecule has 0 spiro atoms. The van der Waals surface area contributed by atoms with Crippen molar-refractivity contribution in [2.24, 2.45) is 0 Å². The molecular weight excluding hydrogens is 311 g/mol.